The van der Waals surface area contributed by atoms with E-state index >= 15 is 0 Å². The number of aromatic nitrogens is 2. The number of carbonyl (C=O) groups is 1. The monoisotopic (exact) mass is 387 g/mol. The predicted octanol–water partition coefficient (Wildman–Crippen LogP) is 4.15. The van der Waals surface area contributed by atoms with Crippen molar-refractivity contribution in [3.8, 4) is 0 Å². The molecule has 6 heteroatoms. The molecule has 27 heavy (non-hydrogen) atoms. The van der Waals surface area contributed by atoms with Crippen molar-refractivity contribution in [1.29, 1.82) is 0 Å². The van der Waals surface area contributed by atoms with Crippen LogP contribution in [0.1, 0.15) is 58.9 Å². The summed E-state index contributed by atoms with van der Waals surface area (Å²) in [5, 5.41) is 4.00. The minimum absolute atomic E-state index is 0.00805. The highest BCUT2D eigenvalue weighted by Crippen LogP contribution is 2.32. The van der Waals surface area contributed by atoms with Crippen molar-refractivity contribution in [1.82, 2.24) is 14.9 Å². The lowest BCUT2D eigenvalue weighted by molar-refractivity contribution is -0.120. The van der Waals surface area contributed by atoms with Gasteiger partial charge < -0.3 is 5.32 Å². The molecular formula is C21H29N3O2S. The minimum atomic E-state index is -0.299. The van der Waals surface area contributed by atoms with Gasteiger partial charge in [-0.25, -0.2) is 4.98 Å². The number of thioether (sulfide) groups is 1. The Morgan fingerprint density at radius 2 is 1.93 bits per heavy atom. The lowest BCUT2D eigenvalue weighted by Crippen LogP contribution is -2.35. The Balaban J connectivity index is 1.94. The van der Waals surface area contributed by atoms with Crippen LogP contribution in [0.4, 0.5) is 0 Å². The standard InChI is InChI=1S/C21H29N3O2S/c1-14(2)13-22-19(25)15(3)27-21-23-18-12-8-7-11-17(18)20(26)24(21)16-9-5-4-6-10-16/h7-8,11-12,14-16H,4-6,9-10,13H2,1-3H3,(H,22,25)/t15-/m1/s1. The van der Waals surface area contributed by atoms with Gasteiger partial charge in [-0.1, -0.05) is 57.0 Å². The SMILES string of the molecule is CC(C)CNC(=O)[C@@H](C)Sc1nc2ccccc2c(=O)n1C1CCCCC1. The van der Waals surface area contributed by atoms with Crippen molar-refractivity contribution >= 4 is 28.6 Å². The Morgan fingerprint density at radius 3 is 2.63 bits per heavy atom. The normalized spacial score (nSPS) is 16.6. The van der Waals surface area contributed by atoms with E-state index in [0.717, 1.165) is 25.7 Å². The summed E-state index contributed by atoms with van der Waals surface area (Å²) in [7, 11) is 0. The molecule has 1 N–H and O–H groups in total. The average molecular weight is 388 g/mol. The van der Waals surface area contributed by atoms with Crippen LogP contribution in [0.5, 0.6) is 0 Å². The molecule has 0 radical (unpaired) electrons. The molecule has 3 rings (SSSR count). The van der Waals surface area contributed by atoms with Gasteiger partial charge >= 0.3 is 0 Å². The van der Waals surface area contributed by atoms with E-state index in [2.05, 4.69) is 19.2 Å². The molecule has 1 aliphatic rings. The molecular weight excluding hydrogens is 358 g/mol. The van der Waals surface area contributed by atoms with Gasteiger partial charge in [-0.3, -0.25) is 14.2 Å². The van der Waals surface area contributed by atoms with E-state index in [-0.39, 0.29) is 22.8 Å². The van der Waals surface area contributed by atoms with Crippen LogP contribution in [-0.4, -0.2) is 27.3 Å². The summed E-state index contributed by atoms with van der Waals surface area (Å²) in [6, 6.07) is 7.67. The van der Waals surface area contributed by atoms with Crippen molar-refractivity contribution in [3.05, 3.63) is 34.6 Å². The molecule has 1 fully saturated rings. The van der Waals surface area contributed by atoms with Gasteiger partial charge in [0.1, 0.15) is 0 Å². The maximum atomic E-state index is 13.2. The minimum Gasteiger partial charge on any atom is -0.355 e. The van der Waals surface area contributed by atoms with E-state index in [1.807, 2.05) is 35.8 Å². The Hall–Kier alpha value is -1.82. The van der Waals surface area contributed by atoms with Crippen molar-refractivity contribution in [2.24, 2.45) is 5.92 Å². The maximum Gasteiger partial charge on any atom is 0.262 e. The largest absolute Gasteiger partial charge is 0.355 e. The third kappa shape index (κ3) is 4.72. The number of nitrogens with one attached hydrogen (secondary N) is 1. The molecule has 1 heterocycles. The summed E-state index contributed by atoms with van der Waals surface area (Å²) in [6.07, 6.45) is 5.50. The van der Waals surface area contributed by atoms with E-state index in [9.17, 15) is 9.59 Å². The number of fused-ring (bicyclic) bond motifs is 1. The molecule has 1 aromatic carbocycles. The van der Waals surface area contributed by atoms with Gasteiger partial charge in [0.25, 0.3) is 5.56 Å². The summed E-state index contributed by atoms with van der Waals surface area (Å²) in [5.74, 6) is 0.400. The lowest BCUT2D eigenvalue weighted by Gasteiger charge is -2.26. The van der Waals surface area contributed by atoms with Gasteiger partial charge in [0.2, 0.25) is 5.91 Å². The third-order valence-corrected chi connectivity index (χ3v) is 6.12. The fourth-order valence-corrected chi connectivity index (χ4v) is 4.53. The highest BCUT2D eigenvalue weighted by Gasteiger charge is 2.24. The molecule has 5 nitrogen and oxygen atoms in total. The summed E-state index contributed by atoms with van der Waals surface area (Å²) < 4.78 is 1.86. The first-order valence-electron chi connectivity index (χ1n) is 9.93. The van der Waals surface area contributed by atoms with Crippen LogP contribution in [0, 0.1) is 5.92 Å². The van der Waals surface area contributed by atoms with Crippen LogP contribution in [0.3, 0.4) is 0 Å². The molecule has 1 aromatic heterocycles. The van der Waals surface area contributed by atoms with Crippen LogP contribution in [0.15, 0.2) is 34.2 Å². The van der Waals surface area contributed by atoms with Crippen LogP contribution >= 0.6 is 11.8 Å². The second-order valence-electron chi connectivity index (χ2n) is 7.78. The number of para-hydroxylation sites is 1. The first-order chi connectivity index (χ1) is 13.0. The number of amides is 1. The molecule has 1 aliphatic carbocycles. The van der Waals surface area contributed by atoms with E-state index < -0.39 is 0 Å². The van der Waals surface area contributed by atoms with Crippen molar-refractivity contribution in [2.75, 3.05) is 6.54 Å². The van der Waals surface area contributed by atoms with Gasteiger partial charge in [-0.05, 0) is 37.8 Å². The third-order valence-electron chi connectivity index (χ3n) is 5.05. The fraction of sp³-hybridized carbons (Fsp3) is 0.571. The Labute approximate surface area is 164 Å². The molecule has 2 aromatic rings. The number of hydrogen-bond donors (Lipinski definition) is 1. The number of nitrogens with zero attached hydrogens (tertiary/aromatic N) is 2. The summed E-state index contributed by atoms with van der Waals surface area (Å²) >= 11 is 1.39. The molecule has 0 saturated heterocycles. The molecule has 0 aliphatic heterocycles. The summed E-state index contributed by atoms with van der Waals surface area (Å²) in [5.41, 5.74) is 0.719. The Kier molecular flexibility index (Phi) is 6.58. The number of rotatable bonds is 6. The zero-order valence-corrected chi connectivity index (χ0v) is 17.2. The molecule has 1 atom stereocenters. The highest BCUT2D eigenvalue weighted by atomic mass is 32.2. The Bertz CT molecular complexity index is 856. The molecule has 1 amide bonds. The van der Waals surface area contributed by atoms with E-state index in [1.54, 1.807) is 0 Å². The number of hydrogen-bond acceptors (Lipinski definition) is 4. The van der Waals surface area contributed by atoms with Crippen LogP contribution in [-0.2, 0) is 4.79 Å². The van der Waals surface area contributed by atoms with Gasteiger partial charge in [-0.15, -0.1) is 0 Å². The van der Waals surface area contributed by atoms with Gasteiger partial charge in [-0.2, -0.15) is 0 Å². The van der Waals surface area contributed by atoms with Gasteiger partial charge in [0, 0.05) is 12.6 Å². The lowest BCUT2D eigenvalue weighted by atomic mass is 9.95. The second-order valence-corrected chi connectivity index (χ2v) is 9.09. The quantitative estimate of drug-likeness (QED) is 0.597. The van der Waals surface area contributed by atoms with E-state index in [0.29, 0.717) is 28.5 Å². The fourth-order valence-electron chi connectivity index (χ4n) is 3.53. The first kappa shape index (κ1) is 19.9. The predicted molar refractivity (Wildman–Crippen MR) is 111 cm³/mol. The molecule has 146 valence electrons. The number of carbonyl (C=O) groups excluding carboxylic acids is 1. The molecule has 0 bridgehead atoms. The van der Waals surface area contributed by atoms with Gasteiger partial charge in [0.15, 0.2) is 5.16 Å². The zero-order valence-electron chi connectivity index (χ0n) is 16.4. The number of benzene rings is 1. The van der Waals surface area contributed by atoms with Crippen molar-refractivity contribution in [2.45, 2.75) is 69.3 Å². The van der Waals surface area contributed by atoms with E-state index in [1.165, 1.54) is 18.2 Å². The van der Waals surface area contributed by atoms with Gasteiger partial charge in [0.05, 0.1) is 16.2 Å². The Morgan fingerprint density at radius 1 is 1.22 bits per heavy atom. The molecule has 0 spiro atoms. The first-order valence-corrected chi connectivity index (χ1v) is 10.8. The molecule has 0 unspecified atom stereocenters. The van der Waals surface area contributed by atoms with Crippen LogP contribution in [0.2, 0.25) is 0 Å². The smallest absolute Gasteiger partial charge is 0.262 e. The second kappa shape index (κ2) is 8.91. The average Bonchev–Trinajstić information content (AvgIpc) is 2.67. The topological polar surface area (TPSA) is 64.0 Å². The van der Waals surface area contributed by atoms with Crippen molar-refractivity contribution in [3.63, 3.8) is 0 Å². The van der Waals surface area contributed by atoms with Crippen LogP contribution in [0.25, 0.3) is 10.9 Å². The highest BCUT2D eigenvalue weighted by molar-refractivity contribution is 8.00. The zero-order chi connectivity index (χ0) is 19.4. The summed E-state index contributed by atoms with van der Waals surface area (Å²) in [4.78, 5) is 30.4. The van der Waals surface area contributed by atoms with Crippen LogP contribution < -0.4 is 10.9 Å². The van der Waals surface area contributed by atoms with Crippen molar-refractivity contribution < 1.29 is 4.79 Å². The summed E-state index contributed by atoms with van der Waals surface area (Å²) in [6.45, 7) is 6.69. The maximum absolute atomic E-state index is 13.2. The molecule has 1 saturated carbocycles. The van der Waals surface area contributed by atoms with E-state index in [4.69, 9.17) is 4.98 Å².